The molecule has 0 radical (unpaired) electrons. The molecule has 0 aliphatic carbocycles. The summed E-state index contributed by atoms with van der Waals surface area (Å²) < 4.78 is 87.7. The molecule has 1 nitrogen and oxygen atoms in total. The molecular formula is C15H10F6OS. The lowest BCUT2D eigenvalue weighted by molar-refractivity contribution is -0.140. The highest BCUT2D eigenvalue weighted by Gasteiger charge is 2.34. The van der Waals surface area contributed by atoms with Gasteiger partial charge in [0.15, 0.2) is 0 Å². The zero-order valence-corrected chi connectivity index (χ0v) is 12.4. The maximum Gasteiger partial charge on any atom is 0.417 e. The number of hydrogen-bond acceptors (Lipinski definition) is 1. The Bertz CT molecular complexity index is 731. The van der Waals surface area contributed by atoms with Gasteiger partial charge in [-0.15, -0.1) is 0 Å². The van der Waals surface area contributed by atoms with E-state index in [4.69, 9.17) is 0 Å². The minimum Gasteiger partial charge on any atom is -0.255 e. The Morgan fingerprint density at radius 2 is 1.30 bits per heavy atom. The lowest BCUT2D eigenvalue weighted by atomic mass is 10.0. The highest BCUT2D eigenvalue weighted by molar-refractivity contribution is 7.84. The lowest BCUT2D eigenvalue weighted by Gasteiger charge is -2.13. The van der Waals surface area contributed by atoms with Crippen LogP contribution in [-0.2, 0) is 23.2 Å². The monoisotopic (exact) mass is 352 g/mol. The molecule has 0 heterocycles. The van der Waals surface area contributed by atoms with Crippen LogP contribution >= 0.6 is 0 Å². The van der Waals surface area contributed by atoms with Crippen molar-refractivity contribution in [3.05, 3.63) is 53.6 Å². The van der Waals surface area contributed by atoms with E-state index in [0.717, 1.165) is 48.7 Å². The molecule has 23 heavy (non-hydrogen) atoms. The molecule has 124 valence electrons. The molecule has 0 fully saturated rings. The van der Waals surface area contributed by atoms with E-state index in [-0.39, 0.29) is 5.56 Å². The van der Waals surface area contributed by atoms with Crippen molar-refractivity contribution >= 4 is 10.8 Å². The molecule has 2 rings (SSSR count). The number of hydrogen-bond donors (Lipinski definition) is 0. The van der Waals surface area contributed by atoms with Gasteiger partial charge in [-0.05, 0) is 35.4 Å². The zero-order valence-electron chi connectivity index (χ0n) is 11.6. The largest absolute Gasteiger partial charge is 0.417 e. The van der Waals surface area contributed by atoms with Crippen molar-refractivity contribution in [2.75, 3.05) is 6.26 Å². The van der Waals surface area contributed by atoms with E-state index >= 15 is 0 Å². The van der Waals surface area contributed by atoms with Crippen LogP contribution in [0.1, 0.15) is 11.1 Å². The molecule has 8 heteroatoms. The fourth-order valence-electron chi connectivity index (χ4n) is 2.03. The van der Waals surface area contributed by atoms with Crippen molar-refractivity contribution in [1.29, 1.82) is 0 Å². The lowest BCUT2D eigenvalue weighted by Crippen LogP contribution is -2.10. The predicted molar refractivity (Wildman–Crippen MR) is 74.2 cm³/mol. The van der Waals surface area contributed by atoms with Crippen molar-refractivity contribution in [2.24, 2.45) is 0 Å². The van der Waals surface area contributed by atoms with Crippen LogP contribution in [0.15, 0.2) is 47.4 Å². The van der Waals surface area contributed by atoms with E-state index in [0.29, 0.717) is 5.56 Å². The topological polar surface area (TPSA) is 17.1 Å². The van der Waals surface area contributed by atoms with E-state index < -0.39 is 39.2 Å². The summed E-state index contributed by atoms with van der Waals surface area (Å²) in [5.74, 6) is 0. The Labute approximate surface area is 130 Å². The fraction of sp³-hybridized carbons (Fsp3) is 0.200. The van der Waals surface area contributed by atoms with Gasteiger partial charge in [0.1, 0.15) is 0 Å². The summed E-state index contributed by atoms with van der Waals surface area (Å²) in [5, 5.41) is 0. The van der Waals surface area contributed by atoms with Crippen molar-refractivity contribution in [2.45, 2.75) is 17.2 Å². The van der Waals surface area contributed by atoms with Crippen LogP contribution in [0.3, 0.4) is 0 Å². The van der Waals surface area contributed by atoms with Crippen LogP contribution in [0.5, 0.6) is 0 Å². The third kappa shape index (κ3) is 3.93. The quantitative estimate of drug-likeness (QED) is 0.685. The molecule has 0 aliphatic heterocycles. The van der Waals surface area contributed by atoms with Gasteiger partial charge < -0.3 is 0 Å². The Kier molecular flexibility index (Phi) is 4.57. The van der Waals surface area contributed by atoms with Gasteiger partial charge in [0.2, 0.25) is 0 Å². The molecule has 0 aromatic heterocycles. The fourth-order valence-corrected chi connectivity index (χ4v) is 2.81. The maximum atomic E-state index is 12.9. The van der Waals surface area contributed by atoms with Gasteiger partial charge in [-0.3, -0.25) is 4.21 Å². The molecule has 0 saturated heterocycles. The molecule has 0 saturated carbocycles. The van der Waals surface area contributed by atoms with Crippen molar-refractivity contribution in [3.8, 4) is 11.1 Å². The Hall–Kier alpha value is -1.83. The molecule has 1 unspecified atom stereocenters. The summed E-state index contributed by atoms with van der Waals surface area (Å²) in [6, 6.07) is 7.01. The van der Waals surface area contributed by atoms with Gasteiger partial charge >= 0.3 is 12.4 Å². The summed E-state index contributed by atoms with van der Waals surface area (Å²) >= 11 is 0. The van der Waals surface area contributed by atoms with Gasteiger partial charge in [-0.1, -0.05) is 18.2 Å². The summed E-state index contributed by atoms with van der Waals surface area (Å²) in [4.78, 5) is -0.408. The van der Waals surface area contributed by atoms with Gasteiger partial charge in [-0.25, -0.2) is 0 Å². The Morgan fingerprint density at radius 1 is 0.783 bits per heavy atom. The maximum absolute atomic E-state index is 12.9. The zero-order chi connectivity index (χ0) is 17.4. The van der Waals surface area contributed by atoms with E-state index in [2.05, 4.69) is 0 Å². The summed E-state index contributed by atoms with van der Waals surface area (Å²) in [5.41, 5.74) is -1.31. The van der Waals surface area contributed by atoms with Gasteiger partial charge in [0.25, 0.3) is 0 Å². The first kappa shape index (κ1) is 17.5. The van der Waals surface area contributed by atoms with E-state index in [1.807, 2.05) is 0 Å². The first-order valence-corrected chi connectivity index (χ1v) is 7.78. The third-order valence-corrected chi connectivity index (χ3v) is 4.10. The first-order valence-electron chi connectivity index (χ1n) is 6.22. The van der Waals surface area contributed by atoms with Crippen LogP contribution in [0.4, 0.5) is 26.3 Å². The van der Waals surface area contributed by atoms with E-state index in [1.165, 1.54) is 0 Å². The van der Waals surface area contributed by atoms with Gasteiger partial charge in [0, 0.05) is 6.26 Å². The van der Waals surface area contributed by atoms with Crippen molar-refractivity contribution in [3.63, 3.8) is 0 Å². The second-order valence-electron chi connectivity index (χ2n) is 4.74. The molecule has 0 N–H and O–H groups in total. The van der Waals surface area contributed by atoms with E-state index in [9.17, 15) is 30.6 Å². The van der Waals surface area contributed by atoms with Crippen LogP contribution in [-0.4, -0.2) is 10.5 Å². The number of halogens is 6. The molecule has 0 spiro atoms. The molecule has 0 bridgehead atoms. The molecular weight excluding hydrogens is 342 g/mol. The SMILES string of the molecule is CS(=O)c1cc(-c2ccc(C(F)(F)F)cc2)ccc1C(F)(F)F. The number of benzene rings is 2. The summed E-state index contributed by atoms with van der Waals surface area (Å²) in [6.45, 7) is 0. The second kappa shape index (κ2) is 5.99. The standard InChI is InChI=1S/C15H10F6OS/c1-23(22)13-8-10(4-7-12(13)15(19,20)21)9-2-5-11(6-3-9)14(16,17)18/h2-8H,1H3. The Morgan fingerprint density at radius 3 is 1.74 bits per heavy atom. The summed E-state index contributed by atoms with van der Waals surface area (Å²) in [6.07, 6.45) is -8.03. The smallest absolute Gasteiger partial charge is 0.255 e. The molecule has 1 atom stereocenters. The van der Waals surface area contributed by atoms with Crippen molar-refractivity contribution in [1.82, 2.24) is 0 Å². The number of alkyl halides is 6. The summed E-state index contributed by atoms with van der Waals surface area (Å²) in [7, 11) is -1.89. The van der Waals surface area contributed by atoms with Gasteiger partial charge in [0.05, 0.1) is 26.8 Å². The van der Waals surface area contributed by atoms with Crippen LogP contribution in [0.2, 0.25) is 0 Å². The van der Waals surface area contributed by atoms with Crippen LogP contribution < -0.4 is 0 Å². The average Bonchev–Trinajstić information content (AvgIpc) is 2.45. The normalized spacial score (nSPS) is 13.9. The minimum atomic E-state index is -4.65. The van der Waals surface area contributed by atoms with E-state index in [1.54, 1.807) is 0 Å². The first-order chi connectivity index (χ1) is 10.5. The van der Waals surface area contributed by atoms with Gasteiger partial charge in [-0.2, -0.15) is 26.3 Å². The molecule has 2 aromatic carbocycles. The molecule has 0 amide bonds. The second-order valence-corrected chi connectivity index (χ2v) is 6.09. The van der Waals surface area contributed by atoms with Crippen LogP contribution in [0.25, 0.3) is 11.1 Å². The molecule has 2 aromatic rings. The molecule has 0 aliphatic rings. The minimum absolute atomic E-state index is 0.261. The Balaban J connectivity index is 2.49. The highest BCUT2D eigenvalue weighted by Crippen LogP contribution is 2.36. The number of rotatable bonds is 2. The van der Waals surface area contributed by atoms with Crippen molar-refractivity contribution < 1.29 is 30.6 Å². The van der Waals surface area contributed by atoms with Crippen LogP contribution in [0, 0.1) is 0 Å². The average molecular weight is 352 g/mol. The predicted octanol–water partition coefficient (Wildman–Crippen LogP) is 5.13. The highest BCUT2D eigenvalue weighted by atomic mass is 32.2. The third-order valence-electron chi connectivity index (χ3n) is 3.14.